The SMILES string of the molecule is CCOc1cc2c(c(OC)c1SOOO)-c1ssc(=S)c1CC2. The van der Waals surface area contributed by atoms with Crippen LogP contribution < -0.4 is 9.47 Å². The molecule has 1 aliphatic rings. The Morgan fingerprint density at radius 1 is 1.35 bits per heavy atom. The second kappa shape index (κ2) is 7.47. The molecule has 0 unspecified atom stereocenters. The van der Waals surface area contributed by atoms with E-state index in [-0.39, 0.29) is 0 Å². The van der Waals surface area contributed by atoms with E-state index < -0.39 is 0 Å². The van der Waals surface area contributed by atoms with Crippen molar-refractivity contribution in [1.82, 2.24) is 0 Å². The maximum atomic E-state index is 8.48. The van der Waals surface area contributed by atoms with Crippen LogP contribution in [0.2, 0.25) is 0 Å². The fraction of sp³-hybridized carbons (Fsp3) is 0.357. The highest BCUT2D eigenvalue weighted by atomic mass is 32.9. The third-order valence-corrected chi connectivity index (χ3v) is 7.37. The number of benzene rings is 1. The van der Waals surface area contributed by atoms with Gasteiger partial charge in [-0.2, -0.15) is 0 Å². The monoisotopic (exact) mass is 390 g/mol. The van der Waals surface area contributed by atoms with Crippen LogP contribution >= 0.6 is 44.9 Å². The summed E-state index contributed by atoms with van der Waals surface area (Å²) in [6.07, 6.45) is 1.81. The molecule has 1 aromatic heterocycles. The van der Waals surface area contributed by atoms with Gasteiger partial charge < -0.3 is 9.47 Å². The van der Waals surface area contributed by atoms with Crippen LogP contribution in [-0.2, 0) is 22.2 Å². The Kier molecular flexibility index (Phi) is 5.57. The molecular formula is C14H14O5S4. The minimum atomic E-state index is 0.512. The molecule has 5 nitrogen and oxygen atoms in total. The molecule has 1 heterocycles. The molecule has 0 spiro atoms. The first-order valence-corrected chi connectivity index (χ1v) is 10.1. The average Bonchev–Trinajstić information content (AvgIpc) is 2.94. The number of hydrogen-bond donors (Lipinski definition) is 1. The first-order valence-electron chi connectivity index (χ1n) is 6.85. The summed E-state index contributed by atoms with van der Waals surface area (Å²) in [7, 11) is 4.88. The first-order chi connectivity index (χ1) is 11.2. The van der Waals surface area contributed by atoms with Crippen LogP contribution in [0.5, 0.6) is 11.5 Å². The first kappa shape index (κ1) is 17.2. The number of aryl methyl sites for hydroxylation is 1. The van der Waals surface area contributed by atoms with Crippen LogP contribution in [0.3, 0.4) is 0 Å². The van der Waals surface area contributed by atoms with E-state index in [1.807, 2.05) is 13.0 Å². The summed E-state index contributed by atoms with van der Waals surface area (Å²) in [5.41, 5.74) is 3.40. The largest absolute Gasteiger partial charge is 0.495 e. The van der Waals surface area contributed by atoms with Crippen molar-refractivity contribution in [3.63, 3.8) is 0 Å². The van der Waals surface area contributed by atoms with Gasteiger partial charge in [0, 0.05) is 11.1 Å². The van der Waals surface area contributed by atoms with E-state index in [2.05, 4.69) is 9.37 Å². The molecule has 0 radical (unpaired) electrons. The number of rotatable bonds is 6. The van der Waals surface area contributed by atoms with Crippen LogP contribution in [0.1, 0.15) is 18.1 Å². The average molecular weight is 391 g/mol. The molecule has 2 aromatic rings. The summed E-state index contributed by atoms with van der Waals surface area (Å²) in [4.78, 5) is 1.77. The Hall–Kier alpha value is -0.680. The summed E-state index contributed by atoms with van der Waals surface area (Å²) in [5.74, 6) is 1.30. The summed E-state index contributed by atoms with van der Waals surface area (Å²) in [6, 6.07) is 2.00. The third-order valence-electron chi connectivity index (χ3n) is 3.53. The van der Waals surface area contributed by atoms with Crippen LogP contribution in [0, 0.1) is 3.82 Å². The Balaban J connectivity index is 2.22. The van der Waals surface area contributed by atoms with Crippen molar-refractivity contribution in [2.45, 2.75) is 24.7 Å². The van der Waals surface area contributed by atoms with Gasteiger partial charge in [-0.05, 0) is 31.4 Å². The van der Waals surface area contributed by atoms with Gasteiger partial charge in [-0.15, -0.1) is 4.33 Å². The van der Waals surface area contributed by atoms with Crippen molar-refractivity contribution in [3.05, 3.63) is 21.0 Å². The minimum Gasteiger partial charge on any atom is -0.495 e. The van der Waals surface area contributed by atoms with Crippen LogP contribution in [0.25, 0.3) is 10.4 Å². The zero-order chi connectivity index (χ0) is 16.4. The predicted octanol–water partition coefficient (Wildman–Crippen LogP) is 5.14. The molecule has 1 aromatic carbocycles. The molecule has 0 atom stereocenters. The van der Waals surface area contributed by atoms with Crippen molar-refractivity contribution in [2.75, 3.05) is 13.7 Å². The van der Waals surface area contributed by atoms with Crippen molar-refractivity contribution in [2.24, 2.45) is 0 Å². The fourth-order valence-electron chi connectivity index (χ4n) is 2.64. The van der Waals surface area contributed by atoms with Gasteiger partial charge >= 0.3 is 0 Å². The second-order valence-corrected chi connectivity index (χ2v) is 8.22. The Labute approximate surface area is 150 Å². The number of fused-ring (bicyclic) bond motifs is 3. The lowest BCUT2D eigenvalue weighted by Gasteiger charge is -2.22. The molecule has 0 bridgehead atoms. The summed E-state index contributed by atoms with van der Waals surface area (Å²) in [5, 5.41) is 12.2. The molecule has 0 saturated heterocycles. The van der Waals surface area contributed by atoms with E-state index in [1.165, 1.54) is 5.56 Å². The van der Waals surface area contributed by atoms with E-state index in [1.54, 1.807) is 27.8 Å². The van der Waals surface area contributed by atoms with Crippen molar-refractivity contribution < 1.29 is 24.1 Å². The zero-order valence-corrected chi connectivity index (χ0v) is 15.7. The standard InChI is InChI=1S/C14H14O5S4/c1-3-17-9-6-7-4-5-8-12(22-23-14(8)20)10(7)11(16-2)13(9)21-19-18-15/h6,15H,3-5H2,1-2H3. The third kappa shape index (κ3) is 3.14. The normalized spacial score (nSPS) is 12.7. The van der Waals surface area contributed by atoms with Crippen LogP contribution in [0.4, 0.5) is 0 Å². The van der Waals surface area contributed by atoms with Gasteiger partial charge in [0.25, 0.3) is 0 Å². The van der Waals surface area contributed by atoms with Gasteiger partial charge in [0.15, 0.2) is 0 Å². The van der Waals surface area contributed by atoms with Crippen LogP contribution in [0.15, 0.2) is 11.0 Å². The van der Waals surface area contributed by atoms with E-state index in [0.29, 0.717) is 23.0 Å². The molecule has 3 rings (SSSR count). The second-order valence-electron chi connectivity index (χ2n) is 4.69. The van der Waals surface area contributed by atoms with Crippen molar-refractivity contribution in [3.8, 4) is 21.9 Å². The summed E-state index contributed by atoms with van der Waals surface area (Å²) in [6.45, 7) is 2.42. The van der Waals surface area contributed by atoms with Gasteiger partial charge in [-0.1, -0.05) is 37.9 Å². The highest BCUT2D eigenvalue weighted by molar-refractivity contribution is 7.94. The molecule has 1 aliphatic carbocycles. The Morgan fingerprint density at radius 3 is 2.87 bits per heavy atom. The van der Waals surface area contributed by atoms with Crippen molar-refractivity contribution >= 4 is 44.9 Å². The molecular weight excluding hydrogens is 376 g/mol. The Bertz CT molecular complexity index is 767. The van der Waals surface area contributed by atoms with Gasteiger partial charge in [0.1, 0.15) is 20.2 Å². The minimum absolute atomic E-state index is 0.512. The summed E-state index contributed by atoms with van der Waals surface area (Å²) >= 11 is 6.28. The van der Waals surface area contributed by atoms with Gasteiger partial charge in [-0.3, -0.25) is 0 Å². The highest BCUT2D eigenvalue weighted by Gasteiger charge is 2.28. The fourth-order valence-corrected chi connectivity index (χ4v) is 6.24. The number of methoxy groups -OCH3 is 1. The quantitative estimate of drug-likeness (QED) is 0.241. The Morgan fingerprint density at radius 2 is 2.17 bits per heavy atom. The molecule has 0 saturated carbocycles. The smallest absolute Gasteiger partial charge is 0.147 e. The molecule has 0 amide bonds. The zero-order valence-electron chi connectivity index (χ0n) is 12.4. The molecule has 23 heavy (non-hydrogen) atoms. The van der Waals surface area contributed by atoms with Gasteiger partial charge in [0.2, 0.25) is 0 Å². The van der Waals surface area contributed by atoms with E-state index in [4.69, 9.17) is 26.9 Å². The van der Waals surface area contributed by atoms with Crippen LogP contribution in [-0.4, -0.2) is 19.0 Å². The molecule has 0 fully saturated rings. The molecule has 9 heteroatoms. The predicted molar refractivity (Wildman–Crippen MR) is 94.3 cm³/mol. The molecule has 1 N–H and O–H groups in total. The lowest BCUT2D eigenvalue weighted by atomic mass is 9.91. The van der Waals surface area contributed by atoms with E-state index in [9.17, 15) is 0 Å². The van der Waals surface area contributed by atoms with Gasteiger partial charge in [0.05, 0.1) is 30.6 Å². The highest BCUT2D eigenvalue weighted by Crippen LogP contribution is 2.52. The topological polar surface area (TPSA) is 57.2 Å². The number of hydrogen-bond acceptors (Lipinski definition) is 9. The van der Waals surface area contributed by atoms with Crippen molar-refractivity contribution in [1.29, 1.82) is 0 Å². The maximum absolute atomic E-state index is 8.48. The van der Waals surface area contributed by atoms with E-state index in [0.717, 1.165) is 44.7 Å². The lowest BCUT2D eigenvalue weighted by Crippen LogP contribution is -2.07. The van der Waals surface area contributed by atoms with E-state index >= 15 is 0 Å². The molecule has 124 valence electrons. The lowest BCUT2D eigenvalue weighted by molar-refractivity contribution is -0.432. The summed E-state index contributed by atoms with van der Waals surface area (Å²) < 4.78 is 16.9. The molecule has 0 aliphatic heterocycles. The number of ether oxygens (including phenoxy) is 2. The van der Waals surface area contributed by atoms with Gasteiger partial charge in [-0.25, -0.2) is 5.26 Å². The maximum Gasteiger partial charge on any atom is 0.147 e.